The molecule has 1 N–H and O–H groups in total. The van der Waals surface area contributed by atoms with Gasteiger partial charge >= 0.3 is 0 Å². The number of nitrogens with one attached hydrogen (secondary N) is 1. The van der Waals surface area contributed by atoms with Crippen LogP contribution in [0.4, 0.5) is 0 Å². The molecule has 0 saturated heterocycles. The summed E-state index contributed by atoms with van der Waals surface area (Å²) in [4.78, 5) is 12.5. The van der Waals surface area contributed by atoms with E-state index in [0.717, 1.165) is 16.9 Å². The molecule has 0 aliphatic carbocycles. The number of hydrogen-bond acceptors (Lipinski definition) is 4. The van der Waals surface area contributed by atoms with Gasteiger partial charge in [-0.1, -0.05) is 38.1 Å². The van der Waals surface area contributed by atoms with Crippen molar-refractivity contribution in [1.82, 2.24) is 5.32 Å². The van der Waals surface area contributed by atoms with E-state index < -0.39 is 6.10 Å². The first-order valence-corrected chi connectivity index (χ1v) is 9.65. The van der Waals surface area contributed by atoms with Crippen molar-refractivity contribution < 1.29 is 19.0 Å². The Balaban J connectivity index is 1.92. The number of hydrogen-bond donors (Lipinski definition) is 1. The monoisotopic (exact) mass is 385 g/mol. The summed E-state index contributed by atoms with van der Waals surface area (Å²) >= 11 is 0. The van der Waals surface area contributed by atoms with E-state index in [4.69, 9.17) is 14.2 Å². The number of para-hydroxylation sites is 2. The van der Waals surface area contributed by atoms with Crippen LogP contribution in [0.25, 0.3) is 0 Å². The lowest BCUT2D eigenvalue weighted by Gasteiger charge is -2.21. The molecule has 0 bridgehead atoms. The molecule has 0 fully saturated rings. The third-order valence-electron chi connectivity index (χ3n) is 4.41. The minimum absolute atomic E-state index is 0.174. The molecule has 0 heterocycles. The van der Waals surface area contributed by atoms with Crippen LogP contribution in [-0.2, 0) is 4.79 Å². The van der Waals surface area contributed by atoms with E-state index in [-0.39, 0.29) is 11.9 Å². The largest absolute Gasteiger partial charge is 0.493 e. The van der Waals surface area contributed by atoms with Crippen molar-refractivity contribution in [3.63, 3.8) is 0 Å². The predicted octanol–water partition coefficient (Wildman–Crippen LogP) is 4.48. The van der Waals surface area contributed by atoms with Crippen LogP contribution < -0.4 is 19.5 Å². The number of amides is 1. The van der Waals surface area contributed by atoms with Crippen LogP contribution in [-0.4, -0.2) is 31.8 Å². The number of methoxy groups -OCH3 is 1. The van der Waals surface area contributed by atoms with E-state index in [1.807, 2.05) is 44.2 Å². The highest BCUT2D eigenvalue weighted by atomic mass is 16.5. The van der Waals surface area contributed by atoms with Gasteiger partial charge in [-0.05, 0) is 56.0 Å². The van der Waals surface area contributed by atoms with Crippen molar-refractivity contribution in [2.45, 2.75) is 52.7 Å². The molecule has 2 aromatic carbocycles. The van der Waals surface area contributed by atoms with Gasteiger partial charge < -0.3 is 19.5 Å². The van der Waals surface area contributed by atoms with Crippen molar-refractivity contribution in [2.24, 2.45) is 0 Å². The van der Waals surface area contributed by atoms with Gasteiger partial charge in [0.15, 0.2) is 17.6 Å². The highest BCUT2D eigenvalue weighted by molar-refractivity contribution is 5.81. The summed E-state index contributed by atoms with van der Waals surface area (Å²) in [6, 6.07) is 13.4. The van der Waals surface area contributed by atoms with E-state index in [9.17, 15) is 4.79 Å². The second kappa shape index (κ2) is 10.0. The third kappa shape index (κ3) is 5.91. The molecule has 0 aliphatic heterocycles. The summed E-state index contributed by atoms with van der Waals surface area (Å²) in [5.41, 5.74) is 2.20. The molecule has 0 spiro atoms. The number of aryl methyl sites for hydroxylation is 1. The Morgan fingerprint density at radius 3 is 2.32 bits per heavy atom. The van der Waals surface area contributed by atoms with Crippen LogP contribution in [0, 0.1) is 6.92 Å². The Hall–Kier alpha value is -2.69. The second-order valence-corrected chi connectivity index (χ2v) is 7.33. The molecule has 2 atom stereocenters. The lowest BCUT2D eigenvalue weighted by atomic mass is 10.0. The normalized spacial score (nSPS) is 13.0. The van der Waals surface area contributed by atoms with Crippen molar-refractivity contribution in [1.29, 1.82) is 0 Å². The highest BCUT2D eigenvalue weighted by Gasteiger charge is 2.19. The van der Waals surface area contributed by atoms with E-state index in [2.05, 4.69) is 31.3 Å². The van der Waals surface area contributed by atoms with E-state index in [1.165, 1.54) is 0 Å². The van der Waals surface area contributed by atoms with Crippen LogP contribution in [0.2, 0.25) is 0 Å². The maximum atomic E-state index is 12.5. The molecule has 2 aromatic rings. The lowest BCUT2D eigenvalue weighted by Crippen LogP contribution is -2.43. The van der Waals surface area contributed by atoms with Gasteiger partial charge in [0.1, 0.15) is 12.4 Å². The van der Waals surface area contributed by atoms with Crippen molar-refractivity contribution >= 4 is 5.91 Å². The molecule has 5 nitrogen and oxygen atoms in total. The number of ether oxygens (including phenoxy) is 3. The van der Waals surface area contributed by atoms with Crippen LogP contribution in [0.1, 0.15) is 44.7 Å². The molecule has 5 heteroatoms. The minimum atomic E-state index is -0.604. The van der Waals surface area contributed by atoms with E-state index in [1.54, 1.807) is 14.0 Å². The predicted molar refractivity (Wildman–Crippen MR) is 111 cm³/mol. The summed E-state index contributed by atoms with van der Waals surface area (Å²) in [6.07, 6.45) is -0.604. The molecular formula is C23H31NO4. The Bertz CT molecular complexity index is 788. The molecule has 2 rings (SSSR count). The van der Waals surface area contributed by atoms with Crippen molar-refractivity contribution in [3.8, 4) is 17.2 Å². The summed E-state index contributed by atoms with van der Waals surface area (Å²) in [5.74, 6) is 2.22. The number of benzene rings is 2. The molecule has 0 aromatic heterocycles. The molecule has 0 radical (unpaired) electrons. The Labute approximate surface area is 168 Å². The number of carbonyl (C=O) groups excluding carboxylic acids is 1. The maximum absolute atomic E-state index is 12.5. The molecule has 1 amide bonds. The van der Waals surface area contributed by atoms with Gasteiger partial charge in [-0.15, -0.1) is 0 Å². The Kier molecular flexibility index (Phi) is 7.73. The first-order valence-electron chi connectivity index (χ1n) is 9.65. The van der Waals surface area contributed by atoms with Gasteiger partial charge in [0.2, 0.25) is 0 Å². The zero-order chi connectivity index (χ0) is 20.7. The van der Waals surface area contributed by atoms with Gasteiger partial charge in [-0.3, -0.25) is 4.79 Å². The Morgan fingerprint density at radius 1 is 1.00 bits per heavy atom. The zero-order valence-corrected chi connectivity index (χ0v) is 17.6. The molecule has 0 aliphatic rings. The molecule has 0 unspecified atom stereocenters. The molecule has 28 heavy (non-hydrogen) atoms. The summed E-state index contributed by atoms with van der Waals surface area (Å²) < 4.78 is 17.0. The van der Waals surface area contributed by atoms with Gasteiger partial charge in [0.05, 0.1) is 13.2 Å². The van der Waals surface area contributed by atoms with Gasteiger partial charge in [-0.25, -0.2) is 0 Å². The smallest absolute Gasteiger partial charge is 0.261 e. The van der Waals surface area contributed by atoms with Gasteiger partial charge in [0.25, 0.3) is 5.91 Å². The molecule has 152 valence electrons. The summed E-state index contributed by atoms with van der Waals surface area (Å²) in [5, 5.41) is 2.94. The van der Waals surface area contributed by atoms with Crippen LogP contribution in [0.5, 0.6) is 17.2 Å². The van der Waals surface area contributed by atoms with Crippen molar-refractivity contribution in [3.05, 3.63) is 53.6 Å². The average molecular weight is 386 g/mol. The standard InChI is InChI=1S/C23H31NO4/c1-15(2)19-12-11-16(3)13-22(19)28-18(5)23(25)24-17(4)14-27-21-10-8-7-9-20(21)26-6/h7-13,15,17-18H,14H2,1-6H3,(H,24,25)/t17-,18+/m1/s1. The van der Waals surface area contributed by atoms with Crippen LogP contribution in [0.15, 0.2) is 42.5 Å². The van der Waals surface area contributed by atoms with E-state index in [0.29, 0.717) is 24.0 Å². The first kappa shape index (κ1) is 21.6. The third-order valence-corrected chi connectivity index (χ3v) is 4.41. The van der Waals surface area contributed by atoms with Crippen molar-refractivity contribution in [2.75, 3.05) is 13.7 Å². The van der Waals surface area contributed by atoms with E-state index >= 15 is 0 Å². The van der Waals surface area contributed by atoms with Gasteiger partial charge in [0, 0.05) is 0 Å². The second-order valence-electron chi connectivity index (χ2n) is 7.33. The molecular weight excluding hydrogens is 354 g/mol. The minimum Gasteiger partial charge on any atom is -0.493 e. The highest BCUT2D eigenvalue weighted by Crippen LogP contribution is 2.28. The lowest BCUT2D eigenvalue weighted by molar-refractivity contribution is -0.128. The summed E-state index contributed by atoms with van der Waals surface area (Å²) in [7, 11) is 1.60. The fraction of sp³-hybridized carbons (Fsp3) is 0.435. The topological polar surface area (TPSA) is 56.8 Å². The quantitative estimate of drug-likeness (QED) is 0.692. The number of carbonyl (C=O) groups is 1. The Morgan fingerprint density at radius 2 is 1.68 bits per heavy atom. The zero-order valence-electron chi connectivity index (χ0n) is 17.6. The maximum Gasteiger partial charge on any atom is 0.261 e. The SMILES string of the molecule is COc1ccccc1OC[C@@H](C)NC(=O)[C@H](C)Oc1cc(C)ccc1C(C)C. The fourth-order valence-electron chi connectivity index (χ4n) is 2.82. The summed E-state index contributed by atoms with van der Waals surface area (Å²) in [6.45, 7) is 10.2. The van der Waals surface area contributed by atoms with Crippen LogP contribution >= 0.6 is 0 Å². The molecule has 0 saturated carbocycles. The fourth-order valence-corrected chi connectivity index (χ4v) is 2.82. The van der Waals surface area contributed by atoms with Crippen LogP contribution in [0.3, 0.4) is 0 Å². The average Bonchev–Trinajstić information content (AvgIpc) is 2.66. The van der Waals surface area contributed by atoms with Gasteiger partial charge in [-0.2, -0.15) is 0 Å². The first-order chi connectivity index (χ1) is 13.3. The number of rotatable bonds is 9.